The summed E-state index contributed by atoms with van der Waals surface area (Å²) in [5.41, 5.74) is 11.7. The van der Waals surface area contributed by atoms with Gasteiger partial charge in [-0.15, -0.1) is 11.3 Å². The van der Waals surface area contributed by atoms with Crippen LogP contribution in [-0.2, 0) is 4.79 Å². The smallest absolute Gasteiger partial charge is 0.256 e. The number of dihydropyridines is 1. The van der Waals surface area contributed by atoms with Crippen LogP contribution in [0.3, 0.4) is 0 Å². The zero-order valence-electron chi connectivity index (χ0n) is 20.2. The van der Waals surface area contributed by atoms with Gasteiger partial charge in [-0.2, -0.15) is 0 Å². The average Bonchev–Trinajstić information content (AvgIpc) is 3.50. The summed E-state index contributed by atoms with van der Waals surface area (Å²) in [4.78, 5) is 17.6. The first-order valence-corrected chi connectivity index (χ1v) is 12.6. The van der Waals surface area contributed by atoms with Crippen LogP contribution < -0.4 is 21.3 Å². The molecular formula is C26H26N10OS. The number of nitrogens with zero attached hydrogens (tertiary/aromatic N) is 3. The maximum Gasteiger partial charge on any atom is 0.256 e. The molecule has 2 unspecified atom stereocenters. The Bertz CT molecular complexity index is 1410. The Kier molecular flexibility index (Phi) is 8.50. The topological polar surface area (TPSA) is 186 Å². The molecule has 0 fully saturated rings. The monoisotopic (exact) mass is 526 g/mol. The molecule has 1 amide bonds. The highest BCUT2D eigenvalue weighted by atomic mass is 32.1. The Balaban J connectivity index is 1.67. The van der Waals surface area contributed by atoms with Crippen molar-refractivity contribution in [3.63, 3.8) is 0 Å². The van der Waals surface area contributed by atoms with Crippen LogP contribution in [0.2, 0.25) is 0 Å². The van der Waals surface area contributed by atoms with Crippen molar-refractivity contribution < 1.29 is 4.79 Å². The van der Waals surface area contributed by atoms with Gasteiger partial charge < -0.3 is 32.1 Å². The number of anilines is 1. The van der Waals surface area contributed by atoms with Crippen LogP contribution >= 0.6 is 11.3 Å². The average molecular weight is 527 g/mol. The number of azide groups is 1. The lowest BCUT2D eigenvalue weighted by Gasteiger charge is -2.26. The SMILES string of the molecule is [N-]=[N+]=NC/C(NCC1NC=CC=C1C=N)=C(\NC(=O)C1=CC(c2cccs2)Nc2ccccc21)C(=N)C=N. The van der Waals surface area contributed by atoms with Gasteiger partial charge in [-0.1, -0.05) is 35.5 Å². The first kappa shape index (κ1) is 26.1. The third-order valence-corrected chi connectivity index (χ3v) is 6.93. The van der Waals surface area contributed by atoms with E-state index >= 15 is 0 Å². The van der Waals surface area contributed by atoms with Gasteiger partial charge in [0.1, 0.15) is 0 Å². The minimum Gasteiger partial charge on any atom is -0.384 e. The number of para-hydroxylation sites is 1. The lowest BCUT2D eigenvalue weighted by atomic mass is 9.95. The zero-order valence-corrected chi connectivity index (χ0v) is 21.0. The van der Waals surface area contributed by atoms with Crippen LogP contribution in [0.4, 0.5) is 5.69 Å². The van der Waals surface area contributed by atoms with Crippen molar-refractivity contribution in [2.75, 3.05) is 18.4 Å². The van der Waals surface area contributed by atoms with E-state index in [1.807, 2.05) is 47.9 Å². The summed E-state index contributed by atoms with van der Waals surface area (Å²) in [6.07, 6.45) is 9.25. The molecule has 0 saturated heterocycles. The van der Waals surface area contributed by atoms with Gasteiger partial charge in [0.15, 0.2) is 0 Å². The summed E-state index contributed by atoms with van der Waals surface area (Å²) in [6.45, 7) is 0.103. The van der Waals surface area contributed by atoms with E-state index in [2.05, 4.69) is 31.3 Å². The molecule has 1 aromatic heterocycles. The Hall–Kier alpha value is -4.93. The van der Waals surface area contributed by atoms with Gasteiger partial charge in [0.05, 0.1) is 30.0 Å². The number of benzene rings is 1. The second-order valence-corrected chi connectivity index (χ2v) is 9.27. The molecule has 0 aliphatic carbocycles. The summed E-state index contributed by atoms with van der Waals surface area (Å²) in [5.74, 6) is -0.457. The van der Waals surface area contributed by atoms with Gasteiger partial charge in [0.25, 0.3) is 5.91 Å². The minimum absolute atomic E-state index is 0.0359. The number of rotatable bonds is 11. The van der Waals surface area contributed by atoms with Crippen LogP contribution in [0.25, 0.3) is 16.0 Å². The normalized spacial score (nSPS) is 18.1. The van der Waals surface area contributed by atoms with Crippen LogP contribution in [-0.4, -0.2) is 43.2 Å². The van der Waals surface area contributed by atoms with Crippen LogP contribution in [0.1, 0.15) is 16.5 Å². The van der Waals surface area contributed by atoms with Gasteiger partial charge in [-0.05, 0) is 47.0 Å². The van der Waals surface area contributed by atoms with Crippen molar-refractivity contribution >= 4 is 46.6 Å². The van der Waals surface area contributed by atoms with Gasteiger partial charge in [0.2, 0.25) is 0 Å². The fourth-order valence-corrected chi connectivity index (χ4v) is 4.85. The lowest BCUT2D eigenvalue weighted by Crippen LogP contribution is -2.41. The first-order valence-electron chi connectivity index (χ1n) is 11.7. The standard InChI is InChI=1S/C26H26N10OS/c27-12-16-5-3-9-31-22(16)14-32-23(15-33-36-30)25(19(29)13-28)35-26(37)18-11-21(24-8-4-10-38-24)34-20-7-2-1-6-17(18)20/h1-13,21-22,27-29,31-32,34H,14-15H2,(H,35,37)/b25-23+,27-12?,28-13?,29-19?. The molecule has 7 N–H and O–H groups in total. The number of hydrogen-bond donors (Lipinski definition) is 7. The van der Waals surface area contributed by atoms with Crippen molar-refractivity contribution in [2.24, 2.45) is 5.11 Å². The molecule has 2 atom stereocenters. The molecule has 0 radical (unpaired) electrons. The second-order valence-electron chi connectivity index (χ2n) is 8.29. The van der Waals surface area contributed by atoms with Crippen molar-refractivity contribution in [1.82, 2.24) is 16.0 Å². The summed E-state index contributed by atoms with van der Waals surface area (Å²) in [7, 11) is 0. The van der Waals surface area contributed by atoms with Crippen LogP contribution in [0.5, 0.6) is 0 Å². The molecule has 0 bridgehead atoms. The molecule has 11 nitrogen and oxygen atoms in total. The number of carbonyl (C=O) groups excluding carboxylic acids is 1. The van der Waals surface area contributed by atoms with E-state index in [-0.39, 0.29) is 42.3 Å². The fraction of sp³-hybridized carbons (Fsp3) is 0.154. The van der Waals surface area contributed by atoms with E-state index < -0.39 is 5.91 Å². The summed E-state index contributed by atoms with van der Waals surface area (Å²) in [5, 5.41) is 41.8. The highest BCUT2D eigenvalue weighted by Crippen LogP contribution is 2.36. The lowest BCUT2D eigenvalue weighted by molar-refractivity contribution is -0.114. The van der Waals surface area contributed by atoms with E-state index in [4.69, 9.17) is 21.8 Å². The number of carbonyl (C=O) groups is 1. The maximum absolute atomic E-state index is 13.7. The molecule has 4 rings (SSSR count). The Morgan fingerprint density at radius 2 is 2.08 bits per heavy atom. The highest BCUT2D eigenvalue weighted by molar-refractivity contribution is 7.10. The second kappa shape index (κ2) is 12.3. The molecule has 3 heterocycles. The highest BCUT2D eigenvalue weighted by Gasteiger charge is 2.26. The van der Waals surface area contributed by atoms with E-state index in [1.54, 1.807) is 29.7 Å². The molecule has 0 spiro atoms. The molecule has 0 saturated carbocycles. The molecule has 12 heteroatoms. The molecular weight excluding hydrogens is 500 g/mol. The third kappa shape index (κ3) is 5.89. The van der Waals surface area contributed by atoms with Crippen molar-refractivity contribution in [3.8, 4) is 0 Å². The van der Waals surface area contributed by atoms with Gasteiger partial charge in [0, 0.05) is 51.3 Å². The number of amides is 1. The molecule has 38 heavy (non-hydrogen) atoms. The largest absolute Gasteiger partial charge is 0.384 e. The van der Waals surface area contributed by atoms with Gasteiger partial charge in [-0.3, -0.25) is 10.2 Å². The number of thiophene rings is 1. The summed E-state index contributed by atoms with van der Waals surface area (Å²) in [6, 6.07) is 11.0. The third-order valence-electron chi connectivity index (χ3n) is 5.97. The Morgan fingerprint density at radius 3 is 2.82 bits per heavy atom. The fourth-order valence-electron chi connectivity index (χ4n) is 4.11. The predicted octanol–water partition coefficient (Wildman–Crippen LogP) is 4.26. The van der Waals surface area contributed by atoms with Crippen molar-refractivity contribution in [1.29, 1.82) is 16.2 Å². The van der Waals surface area contributed by atoms with Crippen LogP contribution in [0.15, 0.2) is 88.3 Å². The zero-order chi connectivity index (χ0) is 26.9. The molecule has 2 aromatic rings. The number of allylic oxidation sites excluding steroid dienone is 3. The van der Waals surface area contributed by atoms with Gasteiger partial charge >= 0.3 is 0 Å². The Morgan fingerprint density at radius 1 is 1.24 bits per heavy atom. The maximum atomic E-state index is 13.7. The Labute approximate surface area is 223 Å². The number of hydrogen-bond acceptors (Lipinski definition) is 9. The summed E-state index contributed by atoms with van der Waals surface area (Å²) < 4.78 is 0. The summed E-state index contributed by atoms with van der Waals surface area (Å²) >= 11 is 1.58. The van der Waals surface area contributed by atoms with Crippen molar-refractivity contribution in [2.45, 2.75) is 12.1 Å². The van der Waals surface area contributed by atoms with Crippen LogP contribution in [0, 0.1) is 16.2 Å². The van der Waals surface area contributed by atoms with E-state index in [0.717, 1.165) is 22.4 Å². The van der Waals surface area contributed by atoms with Gasteiger partial charge in [-0.25, -0.2) is 0 Å². The van der Waals surface area contributed by atoms with E-state index in [9.17, 15) is 4.79 Å². The quantitative estimate of drug-likeness (QED) is 0.0998. The van der Waals surface area contributed by atoms with Crippen molar-refractivity contribution in [3.05, 3.63) is 104 Å². The number of fused-ring (bicyclic) bond motifs is 1. The number of nitrogens with one attached hydrogen (secondary N) is 7. The molecule has 2 aliphatic heterocycles. The predicted molar refractivity (Wildman–Crippen MR) is 152 cm³/mol. The van der Waals surface area contributed by atoms with E-state index in [0.29, 0.717) is 11.1 Å². The molecule has 1 aromatic carbocycles. The first-order chi connectivity index (χ1) is 18.5. The van der Waals surface area contributed by atoms with E-state index in [1.165, 1.54) is 6.21 Å². The molecule has 192 valence electrons. The minimum atomic E-state index is -0.457. The molecule has 2 aliphatic rings.